The molecule has 1 aliphatic rings. The van der Waals surface area contributed by atoms with Crippen molar-refractivity contribution in [2.45, 2.75) is 31.2 Å². The standard InChI is InChI=1S/C16H20O7/c1-4-12(21-10-7-14(17)19-2)16-13(6-5-9-23-16)22-11-8-15(18)20-3/h1,7-8,10-13,16H,5-6,9H2,2-3H3/b10-7+,11-8+/t12-,13-,16+/m0/s1. The Morgan fingerprint density at radius 2 is 1.87 bits per heavy atom. The Bertz CT molecular complexity index is 489. The summed E-state index contributed by atoms with van der Waals surface area (Å²) in [6.45, 7) is 0.521. The first-order chi connectivity index (χ1) is 11.1. The molecular formula is C16H20O7. The summed E-state index contributed by atoms with van der Waals surface area (Å²) in [5.74, 6) is 1.38. The lowest BCUT2D eigenvalue weighted by molar-refractivity contribution is -0.135. The largest absolute Gasteiger partial charge is 0.495 e. The highest BCUT2D eigenvalue weighted by Crippen LogP contribution is 2.22. The molecule has 0 aromatic carbocycles. The zero-order valence-corrected chi connectivity index (χ0v) is 13.1. The molecule has 1 saturated heterocycles. The Balaban J connectivity index is 2.65. The van der Waals surface area contributed by atoms with Crippen molar-refractivity contribution in [3.63, 3.8) is 0 Å². The number of rotatable bonds is 7. The number of methoxy groups -OCH3 is 2. The maximum absolute atomic E-state index is 11.0. The van der Waals surface area contributed by atoms with Crippen molar-refractivity contribution in [1.82, 2.24) is 0 Å². The van der Waals surface area contributed by atoms with Gasteiger partial charge >= 0.3 is 11.9 Å². The average Bonchev–Trinajstić information content (AvgIpc) is 2.59. The molecule has 7 heteroatoms. The molecule has 0 aromatic rings. The molecule has 3 atom stereocenters. The third-order valence-electron chi connectivity index (χ3n) is 3.06. The summed E-state index contributed by atoms with van der Waals surface area (Å²) < 4.78 is 25.4. The smallest absolute Gasteiger partial charge is 0.333 e. The molecule has 0 aliphatic carbocycles. The van der Waals surface area contributed by atoms with Crippen LogP contribution in [0.2, 0.25) is 0 Å². The molecule has 0 spiro atoms. The summed E-state index contributed by atoms with van der Waals surface area (Å²) in [6, 6.07) is 0. The van der Waals surface area contributed by atoms with Crippen LogP contribution in [0.3, 0.4) is 0 Å². The summed E-state index contributed by atoms with van der Waals surface area (Å²) in [5.41, 5.74) is 0. The van der Waals surface area contributed by atoms with Gasteiger partial charge in [-0.05, 0) is 12.8 Å². The van der Waals surface area contributed by atoms with Crippen LogP contribution in [0.25, 0.3) is 0 Å². The predicted octanol–water partition coefficient (Wildman–Crippen LogP) is 0.942. The lowest BCUT2D eigenvalue weighted by Gasteiger charge is -2.33. The quantitative estimate of drug-likeness (QED) is 0.298. The van der Waals surface area contributed by atoms with Gasteiger partial charge in [-0.1, -0.05) is 5.92 Å². The summed E-state index contributed by atoms with van der Waals surface area (Å²) in [5, 5.41) is 0. The van der Waals surface area contributed by atoms with Crippen LogP contribution in [0.1, 0.15) is 12.8 Å². The number of ether oxygens (including phenoxy) is 5. The Kier molecular flexibility index (Phi) is 8.32. The van der Waals surface area contributed by atoms with E-state index in [4.69, 9.17) is 20.6 Å². The van der Waals surface area contributed by atoms with E-state index in [0.29, 0.717) is 13.0 Å². The van der Waals surface area contributed by atoms with Gasteiger partial charge < -0.3 is 23.7 Å². The van der Waals surface area contributed by atoms with Gasteiger partial charge in [-0.2, -0.15) is 0 Å². The van der Waals surface area contributed by atoms with Gasteiger partial charge in [-0.15, -0.1) is 6.42 Å². The van der Waals surface area contributed by atoms with Gasteiger partial charge in [0.1, 0.15) is 12.2 Å². The summed E-state index contributed by atoms with van der Waals surface area (Å²) >= 11 is 0. The lowest BCUT2D eigenvalue weighted by atomic mass is 10.0. The van der Waals surface area contributed by atoms with E-state index in [-0.39, 0.29) is 6.10 Å². The summed E-state index contributed by atoms with van der Waals surface area (Å²) in [4.78, 5) is 22.0. The Hall–Kier alpha value is -2.46. The van der Waals surface area contributed by atoms with Crippen molar-refractivity contribution >= 4 is 11.9 Å². The molecule has 0 unspecified atom stereocenters. The third-order valence-corrected chi connectivity index (χ3v) is 3.06. The SMILES string of the molecule is C#C[C@H](O/C=C/C(=O)OC)[C@H]1OCCC[C@@H]1O/C=C/C(=O)OC. The molecule has 1 fully saturated rings. The van der Waals surface area contributed by atoms with Crippen LogP contribution < -0.4 is 0 Å². The molecule has 0 radical (unpaired) electrons. The Morgan fingerprint density at radius 3 is 2.48 bits per heavy atom. The topological polar surface area (TPSA) is 80.3 Å². The molecule has 1 aliphatic heterocycles. The monoisotopic (exact) mass is 324 g/mol. The van der Waals surface area contributed by atoms with Crippen LogP contribution in [0.15, 0.2) is 24.7 Å². The number of carbonyl (C=O) groups excluding carboxylic acids is 2. The predicted molar refractivity (Wildman–Crippen MR) is 79.9 cm³/mol. The van der Waals surface area contributed by atoms with E-state index in [0.717, 1.165) is 24.8 Å². The van der Waals surface area contributed by atoms with Crippen molar-refractivity contribution in [2.24, 2.45) is 0 Å². The first-order valence-corrected chi connectivity index (χ1v) is 7.00. The third kappa shape index (κ3) is 6.45. The molecule has 0 aromatic heterocycles. The fraction of sp³-hybridized carbons (Fsp3) is 0.500. The van der Waals surface area contributed by atoms with Gasteiger partial charge in [0.2, 0.25) is 0 Å². The Labute approximate surface area is 135 Å². The van der Waals surface area contributed by atoms with Crippen molar-refractivity contribution < 1.29 is 33.3 Å². The maximum Gasteiger partial charge on any atom is 0.333 e. The number of carbonyl (C=O) groups is 2. The average molecular weight is 324 g/mol. The maximum atomic E-state index is 11.0. The number of hydrogen-bond acceptors (Lipinski definition) is 7. The molecule has 1 heterocycles. The van der Waals surface area contributed by atoms with Gasteiger partial charge in [0.15, 0.2) is 6.10 Å². The lowest BCUT2D eigenvalue weighted by Crippen LogP contribution is -2.44. The molecule has 7 nitrogen and oxygen atoms in total. The van der Waals surface area contributed by atoms with Crippen molar-refractivity contribution in [3.8, 4) is 12.3 Å². The second kappa shape index (κ2) is 10.3. The summed E-state index contributed by atoms with van der Waals surface area (Å²) in [7, 11) is 2.53. The van der Waals surface area contributed by atoms with E-state index in [1.165, 1.54) is 20.5 Å². The molecule has 0 saturated carbocycles. The minimum absolute atomic E-state index is 0.378. The van der Waals surface area contributed by atoms with E-state index < -0.39 is 24.1 Å². The molecule has 0 N–H and O–H groups in total. The van der Waals surface area contributed by atoms with Crippen molar-refractivity contribution in [1.29, 1.82) is 0 Å². The van der Waals surface area contributed by atoms with E-state index in [1.807, 2.05) is 0 Å². The number of hydrogen-bond donors (Lipinski definition) is 0. The van der Waals surface area contributed by atoms with E-state index in [1.54, 1.807) is 0 Å². The van der Waals surface area contributed by atoms with Gasteiger partial charge in [-0.3, -0.25) is 0 Å². The molecule has 126 valence electrons. The fourth-order valence-corrected chi connectivity index (χ4v) is 1.93. The highest BCUT2D eigenvalue weighted by atomic mass is 16.6. The number of terminal acetylenes is 1. The van der Waals surface area contributed by atoms with Crippen LogP contribution in [-0.4, -0.2) is 51.1 Å². The van der Waals surface area contributed by atoms with Gasteiger partial charge in [0.05, 0.1) is 38.9 Å². The zero-order chi connectivity index (χ0) is 17.1. The molecular weight excluding hydrogens is 304 g/mol. The highest BCUT2D eigenvalue weighted by Gasteiger charge is 2.34. The molecule has 1 rings (SSSR count). The van der Waals surface area contributed by atoms with Gasteiger partial charge in [0.25, 0.3) is 0 Å². The second-order valence-electron chi connectivity index (χ2n) is 4.53. The van der Waals surface area contributed by atoms with Crippen LogP contribution in [0.5, 0.6) is 0 Å². The molecule has 0 amide bonds. The van der Waals surface area contributed by atoms with E-state index >= 15 is 0 Å². The summed E-state index contributed by atoms with van der Waals surface area (Å²) in [6.07, 6.45) is 9.98. The van der Waals surface area contributed by atoms with E-state index in [9.17, 15) is 9.59 Å². The van der Waals surface area contributed by atoms with Crippen LogP contribution in [-0.2, 0) is 33.3 Å². The fourth-order valence-electron chi connectivity index (χ4n) is 1.93. The van der Waals surface area contributed by atoms with E-state index in [2.05, 4.69) is 15.4 Å². The molecule has 23 heavy (non-hydrogen) atoms. The van der Waals surface area contributed by atoms with Crippen LogP contribution >= 0.6 is 0 Å². The van der Waals surface area contributed by atoms with Crippen molar-refractivity contribution in [3.05, 3.63) is 24.7 Å². The molecule has 0 bridgehead atoms. The first kappa shape index (κ1) is 18.6. The van der Waals surface area contributed by atoms with Crippen molar-refractivity contribution in [2.75, 3.05) is 20.8 Å². The number of esters is 2. The van der Waals surface area contributed by atoms with Crippen LogP contribution in [0.4, 0.5) is 0 Å². The van der Waals surface area contributed by atoms with Crippen LogP contribution in [0, 0.1) is 12.3 Å². The second-order valence-corrected chi connectivity index (χ2v) is 4.53. The Morgan fingerprint density at radius 1 is 1.22 bits per heavy atom. The minimum atomic E-state index is -0.743. The minimum Gasteiger partial charge on any atom is -0.495 e. The zero-order valence-electron chi connectivity index (χ0n) is 13.1. The highest BCUT2D eigenvalue weighted by molar-refractivity contribution is 5.81. The normalized spacial score (nSPS) is 22.3. The first-order valence-electron chi connectivity index (χ1n) is 7.00. The van der Waals surface area contributed by atoms with Gasteiger partial charge in [-0.25, -0.2) is 9.59 Å². The van der Waals surface area contributed by atoms with Gasteiger partial charge in [0, 0.05) is 6.61 Å².